The minimum absolute atomic E-state index is 0.262. The molecule has 84 valence electrons. The Bertz CT molecular complexity index is 301. The van der Waals surface area contributed by atoms with Crippen molar-refractivity contribution < 1.29 is 0 Å². The van der Waals surface area contributed by atoms with Gasteiger partial charge in [0.15, 0.2) is 0 Å². The van der Waals surface area contributed by atoms with Crippen LogP contribution < -0.4 is 11.3 Å². The molecular formula is C11H20N4. The molecule has 1 aromatic heterocycles. The molecule has 2 rings (SSSR count). The minimum atomic E-state index is 0.262. The zero-order chi connectivity index (χ0) is 10.7. The second-order valence-electron chi connectivity index (χ2n) is 4.47. The second kappa shape index (κ2) is 4.77. The average Bonchev–Trinajstić information content (AvgIpc) is 2.68. The first-order chi connectivity index (χ1) is 7.33. The molecule has 0 aromatic carbocycles. The Labute approximate surface area is 90.8 Å². The van der Waals surface area contributed by atoms with Crippen molar-refractivity contribution in [3.63, 3.8) is 0 Å². The van der Waals surface area contributed by atoms with E-state index in [9.17, 15) is 0 Å². The number of hydrogen-bond acceptors (Lipinski definition) is 3. The van der Waals surface area contributed by atoms with E-state index in [1.165, 1.54) is 37.8 Å². The molecule has 1 unspecified atom stereocenters. The van der Waals surface area contributed by atoms with Gasteiger partial charge in [-0.3, -0.25) is 11.3 Å². The van der Waals surface area contributed by atoms with Crippen molar-refractivity contribution >= 4 is 0 Å². The topological polar surface area (TPSA) is 55.9 Å². The summed E-state index contributed by atoms with van der Waals surface area (Å²) in [6.07, 6.45) is 10.3. The average molecular weight is 208 g/mol. The zero-order valence-corrected chi connectivity index (χ0v) is 9.32. The Morgan fingerprint density at radius 1 is 1.47 bits per heavy atom. The third kappa shape index (κ3) is 2.21. The van der Waals surface area contributed by atoms with Crippen molar-refractivity contribution in [1.82, 2.24) is 15.0 Å². The van der Waals surface area contributed by atoms with E-state index in [1.807, 2.05) is 19.6 Å². The molecule has 1 aliphatic rings. The van der Waals surface area contributed by atoms with Gasteiger partial charge < -0.3 is 4.57 Å². The van der Waals surface area contributed by atoms with Crippen LogP contribution in [0.25, 0.3) is 0 Å². The van der Waals surface area contributed by atoms with Gasteiger partial charge in [-0.1, -0.05) is 19.3 Å². The molecule has 0 bridgehead atoms. The molecule has 4 heteroatoms. The molecule has 0 spiro atoms. The van der Waals surface area contributed by atoms with Crippen molar-refractivity contribution in [2.24, 2.45) is 18.8 Å². The first kappa shape index (κ1) is 10.6. The Hall–Kier alpha value is -0.870. The fraction of sp³-hybridized carbons (Fsp3) is 0.727. The summed E-state index contributed by atoms with van der Waals surface area (Å²) in [5.74, 6) is 6.34. The highest BCUT2D eigenvalue weighted by atomic mass is 15.3. The van der Waals surface area contributed by atoms with Crippen LogP contribution in [0.15, 0.2) is 12.5 Å². The van der Waals surface area contributed by atoms with Gasteiger partial charge in [-0.25, -0.2) is 4.98 Å². The summed E-state index contributed by atoms with van der Waals surface area (Å²) in [7, 11) is 2.02. The maximum absolute atomic E-state index is 5.67. The number of nitrogens with zero attached hydrogens (tertiary/aromatic N) is 2. The molecule has 1 aromatic rings. The molecule has 0 aliphatic heterocycles. The van der Waals surface area contributed by atoms with Crippen LogP contribution >= 0.6 is 0 Å². The normalized spacial score (nSPS) is 20.4. The molecule has 4 nitrogen and oxygen atoms in total. The number of hydrazine groups is 1. The van der Waals surface area contributed by atoms with Gasteiger partial charge in [0, 0.05) is 13.2 Å². The van der Waals surface area contributed by atoms with E-state index in [0.717, 1.165) is 0 Å². The first-order valence-electron chi connectivity index (χ1n) is 5.75. The predicted molar refractivity (Wildman–Crippen MR) is 59.8 cm³/mol. The van der Waals surface area contributed by atoms with Crippen molar-refractivity contribution in [3.8, 4) is 0 Å². The number of hydrogen-bond donors (Lipinski definition) is 2. The van der Waals surface area contributed by atoms with Gasteiger partial charge in [-0.15, -0.1) is 0 Å². The van der Waals surface area contributed by atoms with Crippen LogP contribution in [-0.4, -0.2) is 9.55 Å². The van der Waals surface area contributed by atoms with E-state index in [0.29, 0.717) is 5.92 Å². The lowest BCUT2D eigenvalue weighted by atomic mass is 9.83. The number of imidazole rings is 1. The Balaban J connectivity index is 2.12. The smallest absolute Gasteiger partial charge is 0.0946 e. The van der Waals surface area contributed by atoms with Crippen molar-refractivity contribution in [2.75, 3.05) is 0 Å². The maximum atomic E-state index is 5.67. The maximum Gasteiger partial charge on any atom is 0.0946 e. The standard InChI is InChI=1S/C11H20N4/c1-15-8-13-7-10(15)11(14-12)9-5-3-2-4-6-9/h7-9,11,14H,2-6,12H2,1H3. The summed E-state index contributed by atoms with van der Waals surface area (Å²) in [4.78, 5) is 4.15. The Morgan fingerprint density at radius 2 is 2.20 bits per heavy atom. The van der Waals surface area contributed by atoms with E-state index in [2.05, 4.69) is 15.0 Å². The lowest BCUT2D eigenvalue weighted by molar-refractivity contribution is 0.266. The molecule has 15 heavy (non-hydrogen) atoms. The zero-order valence-electron chi connectivity index (χ0n) is 9.32. The summed E-state index contributed by atoms with van der Waals surface area (Å²) in [6.45, 7) is 0. The fourth-order valence-electron chi connectivity index (χ4n) is 2.60. The molecule has 0 amide bonds. The van der Waals surface area contributed by atoms with Crippen molar-refractivity contribution in [1.29, 1.82) is 0 Å². The van der Waals surface area contributed by atoms with Crippen molar-refractivity contribution in [2.45, 2.75) is 38.1 Å². The van der Waals surface area contributed by atoms with Gasteiger partial charge >= 0.3 is 0 Å². The number of nitrogens with one attached hydrogen (secondary N) is 1. The van der Waals surface area contributed by atoms with Gasteiger partial charge in [0.25, 0.3) is 0 Å². The van der Waals surface area contributed by atoms with Crippen molar-refractivity contribution in [3.05, 3.63) is 18.2 Å². The molecule has 1 fully saturated rings. The van der Waals surface area contributed by atoms with E-state index < -0.39 is 0 Å². The molecule has 1 saturated carbocycles. The van der Waals surface area contributed by atoms with Crippen LogP contribution in [0.4, 0.5) is 0 Å². The van der Waals surface area contributed by atoms with E-state index >= 15 is 0 Å². The second-order valence-corrected chi connectivity index (χ2v) is 4.47. The van der Waals surface area contributed by atoms with Gasteiger partial charge in [-0.05, 0) is 18.8 Å². The van der Waals surface area contributed by atoms with Gasteiger partial charge in [0.2, 0.25) is 0 Å². The van der Waals surface area contributed by atoms with E-state index in [-0.39, 0.29) is 6.04 Å². The summed E-state index contributed by atoms with van der Waals surface area (Å²) >= 11 is 0. The molecule has 1 heterocycles. The number of aryl methyl sites for hydroxylation is 1. The third-order valence-electron chi connectivity index (χ3n) is 3.47. The van der Waals surface area contributed by atoms with Crippen LogP contribution in [0.3, 0.4) is 0 Å². The lowest BCUT2D eigenvalue weighted by Gasteiger charge is -2.29. The molecular weight excluding hydrogens is 188 g/mol. The molecule has 1 atom stereocenters. The van der Waals surface area contributed by atoms with Crippen LogP contribution in [0.2, 0.25) is 0 Å². The minimum Gasteiger partial charge on any atom is -0.336 e. The highest BCUT2D eigenvalue weighted by Crippen LogP contribution is 2.33. The van der Waals surface area contributed by atoms with Gasteiger partial charge in [0.1, 0.15) is 0 Å². The van der Waals surface area contributed by atoms with Crippen LogP contribution in [-0.2, 0) is 7.05 Å². The van der Waals surface area contributed by atoms with E-state index in [4.69, 9.17) is 5.84 Å². The molecule has 0 radical (unpaired) electrons. The number of aromatic nitrogens is 2. The Kier molecular flexibility index (Phi) is 3.38. The quantitative estimate of drug-likeness (QED) is 0.584. The molecule has 3 N–H and O–H groups in total. The largest absolute Gasteiger partial charge is 0.336 e. The Morgan fingerprint density at radius 3 is 2.73 bits per heavy atom. The predicted octanol–water partition coefficient (Wildman–Crippen LogP) is 1.50. The van der Waals surface area contributed by atoms with Crippen LogP contribution in [0.1, 0.15) is 43.8 Å². The van der Waals surface area contributed by atoms with Gasteiger partial charge in [-0.2, -0.15) is 0 Å². The third-order valence-corrected chi connectivity index (χ3v) is 3.47. The summed E-state index contributed by atoms with van der Waals surface area (Å²) in [6, 6.07) is 0.262. The molecule has 0 saturated heterocycles. The summed E-state index contributed by atoms with van der Waals surface area (Å²) in [5, 5.41) is 0. The number of rotatable bonds is 3. The summed E-state index contributed by atoms with van der Waals surface area (Å²) in [5.41, 5.74) is 4.15. The van der Waals surface area contributed by atoms with Crippen LogP contribution in [0, 0.1) is 5.92 Å². The SMILES string of the molecule is Cn1cncc1C(NN)C1CCCCC1. The lowest BCUT2D eigenvalue weighted by Crippen LogP contribution is -2.35. The summed E-state index contributed by atoms with van der Waals surface area (Å²) < 4.78 is 2.05. The van der Waals surface area contributed by atoms with E-state index in [1.54, 1.807) is 0 Å². The first-order valence-corrected chi connectivity index (χ1v) is 5.75. The number of nitrogens with two attached hydrogens (primary N) is 1. The highest BCUT2D eigenvalue weighted by Gasteiger charge is 2.25. The monoisotopic (exact) mass is 208 g/mol. The highest BCUT2D eigenvalue weighted by molar-refractivity contribution is 5.06. The van der Waals surface area contributed by atoms with Crippen LogP contribution in [0.5, 0.6) is 0 Å². The molecule has 1 aliphatic carbocycles. The van der Waals surface area contributed by atoms with Gasteiger partial charge in [0.05, 0.1) is 18.1 Å². The fourth-order valence-corrected chi connectivity index (χ4v) is 2.60.